The van der Waals surface area contributed by atoms with Gasteiger partial charge in [-0.3, -0.25) is 4.79 Å². The molecule has 94 valence electrons. The first kappa shape index (κ1) is 12.9. The van der Waals surface area contributed by atoms with Crippen LogP contribution in [0.3, 0.4) is 0 Å². The molecular weight excluding hydrogens is 266 g/mol. The molecule has 2 aromatic rings. The third kappa shape index (κ3) is 2.81. The maximum absolute atomic E-state index is 11.9. The van der Waals surface area contributed by atoms with E-state index in [4.69, 9.17) is 16.9 Å². The zero-order chi connectivity index (χ0) is 13.8. The fourth-order valence-electron chi connectivity index (χ4n) is 1.44. The number of nitrogens with zero attached hydrogens (tertiary/aromatic N) is 2. The Morgan fingerprint density at radius 1 is 1.42 bits per heavy atom. The highest BCUT2D eigenvalue weighted by Gasteiger charge is 2.13. The number of pyridine rings is 1. The lowest BCUT2D eigenvalue weighted by atomic mass is 10.2. The third-order valence-electron chi connectivity index (χ3n) is 2.35. The number of carbonyl (C=O) groups is 1. The summed E-state index contributed by atoms with van der Waals surface area (Å²) in [5.41, 5.74) is 0.641. The van der Waals surface area contributed by atoms with Gasteiger partial charge in [-0.1, -0.05) is 11.6 Å². The molecule has 0 aliphatic heterocycles. The van der Waals surface area contributed by atoms with Crippen LogP contribution in [-0.4, -0.2) is 16.0 Å². The minimum atomic E-state index is -0.579. The van der Waals surface area contributed by atoms with E-state index in [1.807, 2.05) is 6.07 Å². The molecule has 2 rings (SSSR count). The van der Waals surface area contributed by atoms with Crippen LogP contribution in [-0.2, 0) is 0 Å². The van der Waals surface area contributed by atoms with Crippen molar-refractivity contribution in [3.05, 3.63) is 52.8 Å². The van der Waals surface area contributed by atoms with Gasteiger partial charge in [-0.15, -0.1) is 0 Å². The van der Waals surface area contributed by atoms with E-state index < -0.39 is 5.91 Å². The number of aromatic hydroxyl groups is 1. The lowest BCUT2D eigenvalue weighted by Crippen LogP contribution is -2.14. The normalized spacial score (nSPS) is 9.68. The summed E-state index contributed by atoms with van der Waals surface area (Å²) in [6, 6.07) is 9.30. The summed E-state index contributed by atoms with van der Waals surface area (Å²) in [5, 5.41) is 21.0. The Hall–Kier alpha value is -2.58. The molecule has 1 amide bonds. The molecule has 0 atom stereocenters. The highest BCUT2D eigenvalue weighted by atomic mass is 35.5. The maximum Gasteiger partial charge on any atom is 0.278 e. The van der Waals surface area contributed by atoms with E-state index in [0.29, 0.717) is 11.3 Å². The van der Waals surface area contributed by atoms with Crippen LogP contribution in [0, 0.1) is 11.3 Å². The summed E-state index contributed by atoms with van der Waals surface area (Å²) >= 11 is 5.93. The molecule has 1 heterocycles. The van der Waals surface area contributed by atoms with Crippen molar-refractivity contribution in [1.29, 1.82) is 5.26 Å². The molecule has 0 unspecified atom stereocenters. The van der Waals surface area contributed by atoms with Gasteiger partial charge in [-0.25, -0.2) is 4.98 Å². The molecule has 1 aromatic heterocycles. The van der Waals surface area contributed by atoms with E-state index in [9.17, 15) is 9.90 Å². The molecule has 0 saturated carbocycles. The number of hydrogen-bond acceptors (Lipinski definition) is 4. The first-order valence-electron chi connectivity index (χ1n) is 5.27. The lowest BCUT2D eigenvalue weighted by molar-refractivity contribution is 0.101. The van der Waals surface area contributed by atoms with Gasteiger partial charge in [0.2, 0.25) is 0 Å². The molecule has 19 heavy (non-hydrogen) atoms. The zero-order valence-electron chi connectivity index (χ0n) is 9.59. The molecular formula is C13H8ClN3O2. The van der Waals surface area contributed by atoms with Crippen LogP contribution in [0.5, 0.6) is 5.75 Å². The fraction of sp³-hybridized carbons (Fsp3) is 0. The fourth-order valence-corrected chi connectivity index (χ4v) is 1.67. The number of amides is 1. The zero-order valence-corrected chi connectivity index (χ0v) is 10.3. The predicted octanol–water partition coefficient (Wildman–Crippen LogP) is 2.56. The minimum Gasteiger partial charge on any atom is -0.505 e. The standard InChI is InChI=1S/C13H8ClN3O2/c14-9-6-8(7-15)3-4-10(9)17-13(19)12-11(18)2-1-5-16-12/h1-6,18H,(H,17,19). The first-order valence-corrected chi connectivity index (χ1v) is 5.64. The number of aromatic nitrogens is 1. The number of hydrogen-bond donors (Lipinski definition) is 2. The molecule has 2 N–H and O–H groups in total. The number of carbonyl (C=O) groups excluding carboxylic acids is 1. The maximum atomic E-state index is 11.9. The topological polar surface area (TPSA) is 86.0 Å². The second-order valence-electron chi connectivity index (χ2n) is 3.63. The summed E-state index contributed by atoms with van der Waals surface area (Å²) in [5.74, 6) is -0.797. The number of anilines is 1. The lowest BCUT2D eigenvalue weighted by Gasteiger charge is -2.07. The quantitative estimate of drug-likeness (QED) is 0.880. The Morgan fingerprint density at radius 3 is 2.84 bits per heavy atom. The van der Waals surface area contributed by atoms with Gasteiger partial charge in [0.25, 0.3) is 5.91 Å². The molecule has 6 heteroatoms. The number of rotatable bonds is 2. The summed E-state index contributed by atoms with van der Waals surface area (Å²) < 4.78 is 0. The van der Waals surface area contributed by atoms with Crippen molar-refractivity contribution in [2.45, 2.75) is 0 Å². The molecule has 0 spiro atoms. The van der Waals surface area contributed by atoms with Crippen LogP contribution in [0.1, 0.15) is 16.1 Å². The van der Waals surface area contributed by atoms with Crippen molar-refractivity contribution in [2.75, 3.05) is 5.32 Å². The first-order chi connectivity index (χ1) is 9.11. The molecule has 5 nitrogen and oxygen atoms in total. The Kier molecular flexibility index (Phi) is 3.64. The SMILES string of the molecule is N#Cc1ccc(NC(=O)c2ncccc2O)c(Cl)c1. The van der Waals surface area contributed by atoms with E-state index >= 15 is 0 Å². The molecule has 1 aromatic carbocycles. The van der Waals surface area contributed by atoms with Crippen LogP contribution in [0.25, 0.3) is 0 Å². The van der Waals surface area contributed by atoms with E-state index in [0.717, 1.165) is 0 Å². The molecule has 0 aliphatic carbocycles. The Bertz CT molecular complexity index is 680. The van der Waals surface area contributed by atoms with Crippen molar-refractivity contribution >= 4 is 23.2 Å². The molecule has 0 aliphatic rings. The van der Waals surface area contributed by atoms with E-state index in [2.05, 4.69) is 10.3 Å². The van der Waals surface area contributed by atoms with Gasteiger partial charge < -0.3 is 10.4 Å². The molecule has 0 radical (unpaired) electrons. The van der Waals surface area contributed by atoms with Gasteiger partial charge in [-0.05, 0) is 30.3 Å². The highest BCUT2D eigenvalue weighted by Crippen LogP contribution is 2.24. The number of nitrogens with one attached hydrogen (secondary N) is 1. The van der Waals surface area contributed by atoms with E-state index in [-0.39, 0.29) is 16.5 Å². The highest BCUT2D eigenvalue weighted by molar-refractivity contribution is 6.34. The second-order valence-corrected chi connectivity index (χ2v) is 4.04. The number of halogens is 1. The predicted molar refractivity (Wildman–Crippen MR) is 70.0 cm³/mol. The largest absolute Gasteiger partial charge is 0.505 e. The Labute approximate surface area is 114 Å². The van der Waals surface area contributed by atoms with Gasteiger partial charge in [-0.2, -0.15) is 5.26 Å². The van der Waals surface area contributed by atoms with Gasteiger partial charge in [0.15, 0.2) is 5.69 Å². The smallest absolute Gasteiger partial charge is 0.278 e. The Balaban J connectivity index is 2.25. The molecule has 0 saturated heterocycles. The second kappa shape index (κ2) is 5.38. The van der Waals surface area contributed by atoms with Crippen LogP contribution < -0.4 is 5.32 Å². The minimum absolute atomic E-state index is 0.0945. The van der Waals surface area contributed by atoms with Crippen molar-refractivity contribution < 1.29 is 9.90 Å². The van der Waals surface area contributed by atoms with Gasteiger partial charge in [0.1, 0.15) is 5.75 Å². The van der Waals surface area contributed by atoms with Crippen molar-refractivity contribution in [1.82, 2.24) is 4.98 Å². The van der Waals surface area contributed by atoms with Crippen LogP contribution >= 0.6 is 11.6 Å². The summed E-state index contributed by atoms with van der Waals surface area (Å²) in [6.45, 7) is 0. The van der Waals surface area contributed by atoms with E-state index in [1.54, 1.807) is 0 Å². The average molecular weight is 274 g/mol. The van der Waals surface area contributed by atoms with Gasteiger partial charge in [0.05, 0.1) is 22.3 Å². The van der Waals surface area contributed by atoms with Crippen LogP contribution in [0.2, 0.25) is 5.02 Å². The van der Waals surface area contributed by atoms with Gasteiger partial charge >= 0.3 is 0 Å². The number of benzene rings is 1. The summed E-state index contributed by atoms with van der Waals surface area (Å²) in [4.78, 5) is 15.7. The van der Waals surface area contributed by atoms with E-state index in [1.165, 1.54) is 36.5 Å². The van der Waals surface area contributed by atoms with Crippen molar-refractivity contribution in [2.24, 2.45) is 0 Å². The third-order valence-corrected chi connectivity index (χ3v) is 2.66. The average Bonchev–Trinajstić information content (AvgIpc) is 2.41. The molecule has 0 bridgehead atoms. The monoisotopic (exact) mass is 273 g/mol. The summed E-state index contributed by atoms with van der Waals surface area (Å²) in [7, 11) is 0. The molecule has 0 fully saturated rings. The van der Waals surface area contributed by atoms with Gasteiger partial charge in [0, 0.05) is 6.20 Å². The van der Waals surface area contributed by atoms with Crippen LogP contribution in [0.15, 0.2) is 36.5 Å². The van der Waals surface area contributed by atoms with Crippen molar-refractivity contribution in [3.63, 3.8) is 0 Å². The van der Waals surface area contributed by atoms with Crippen LogP contribution in [0.4, 0.5) is 5.69 Å². The number of nitriles is 1. The Morgan fingerprint density at radius 2 is 2.21 bits per heavy atom. The van der Waals surface area contributed by atoms with Crippen molar-refractivity contribution in [3.8, 4) is 11.8 Å². The summed E-state index contributed by atoms with van der Waals surface area (Å²) in [6.07, 6.45) is 1.40.